The number of likely N-dealkylation sites (N-methyl/N-ethyl adjacent to an activating group) is 1. The third-order valence-electron chi connectivity index (χ3n) is 6.59. The SMILES string of the molecule is CCNC(=O)[C@@H](Cc1ccccc1)N(Cc1cccc(Cl)c1)C(=O)CN(c1ccc(F)cc1)S(=O)(=O)c1ccccc1. The molecule has 1 atom stereocenters. The van der Waals surface area contributed by atoms with Gasteiger partial charge in [-0.15, -0.1) is 0 Å². The number of anilines is 1. The maximum absolute atomic E-state index is 14.2. The van der Waals surface area contributed by atoms with Crippen molar-refractivity contribution in [1.29, 1.82) is 0 Å². The van der Waals surface area contributed by atoms with Crippen molar-refractivity contribution in [2.45, 2.75) is 30.8 Å². The van der Waals surface area contributed by atoms with Crippen molar-refractivity contribution in [3.05, 3.63) is 131 Å². The molecule has 2 amide bonds. The molecule has 10 heteroatoms. The second kappa shape index (κ2) is 14.1. The average molecular weight is 608 g/mol. The first kappa shape index (κ1) is 30.7. The molecule has 0 aliphatic heterocycles. The standard InChI is InChI=1S/C32H31ClFN3O4S/c1-2-35-32(39)30(21-24-10-5-3-6-11-24)36(22-25-12-9-13-26(33)20-25)31(38)23-37(28-18-16-27(34)17-19-28)42(40,41)29-14-7-4-8-15-29/h3-20,30H,2,21-23H2,1H3,(H,35,39)/t30-/m1/s1. The van der Waals surface area contributed by atoms with Crippen molar-refractivity contribution in [3.63, 3.8) is 0 Å². The highest BCUT2D eigenvalue weighted by Gasteiger charge is 2.34. The van der Waals surface area contributed by atoms with Gasteiger partial charge in [0.2, 0.25) is 11.8 Å². The van der Waals surface area contributed by atoms with Crippen LogP contribution < -0.4 is 9.62 Å². The van der Waals surface area contributed by atoms with Crippen LogP contribution in [0.25, 0.3) is 0 Å². The van der Waals surface area contributed by atoms with Crippen LogP contribution >= 0.6 is 11.6 Å². The van der Waals surface area contributed by atoms with Crippen LogP contribution in [0.1, 0.15) is 18.1 Å². The van der Waals surface area contributed by atoms with Gasteiger partial charge in [-0.1, -0.05) is 72.3 Å². The Balaban J connectivity index is 1.78. The van der Waals surface area contributed by atoms with E-state index in [0.717, 1.165) is 22.0 Å². The number of sulfonamides is 1. The fraction of sp³-hybridized carbons (Fsp3) is 0.188. The molecule has 1 N–H and O–H groups in total. The number of nitrogens with zero attached hydrogens (tertiary/aromatic N) is 2. The number of benzene rings is 4. The highest BCUT2D eigenvalue weighted by molar-refractivity contribution is 7.92. The van der Waals surface area contributed by atoms with E-state index in [0.29, 0.717) is 17.1 Å². The van der Waals surface area contributed by atoms with Gasteiger partial charge in [-0.05, 0) is 66.6 Å². The summed E-state index contributed by atoms with van der Waals surface area (Å²) in [5.74, 6) is -1.55. The first-order valence-electron chi connectivity index (χ1n) is 13.4. The normalized spacial score (nSPS) is 11.9. The fourth-order valence-corrected chi connectivity index (χ4v) is 6.18. The van der Waals surface area contributed by atoms with Crippen molar-refractivity contribution < 1.29 is 22.4 Å². The summed E-state index contributed by atoms with van der Waals surface area (Å²) in [5, 5.41) is 3.27. The predicted molar refractivity (Wildman–Crippen MR) is 162 cm³/mol. The van der Waals surface area contributed by atoms with Crippen LogP contribution in [-0.2, 0) is 32.6 Å². The van der Waals surface area contributed by atoms with E-state index < -0.39 is 34.3 Å². The molecule has 0 radical (unpaired) electrons. The summed E-state index contributed by atoms with van der Waals surface area (Å²) in [6.45, 7) is 1.49. The lowest BCUT2D eigenvalue weighted by Gasteiger charge is -2.33. The van der Waals surface area contributed by atoms with E-state index in [2.05, 4.69) is 5.32 Å². The number of rotatable bonds is 12. The second-order valence-electron chi connectivity index (χ2n) is 9.55. The summed E-state index contributed by atoms with van der Waals surface area (Å²) in [6.07, 6.45) is 0.195. The number of hydrogen-bond donors (Lipinski definition) is 1. The monoisotopic (exact) mass is 607 g/mol. The van der Waals surface area contributed by atoms with E-state index in [9.17, 15) is 22.4 Å². The zero-order valence-corrected chi connectivity index (χ0v) is 24.6. The van der Waals surface area contributed by atoms with Gasteiger partial charge in [-0.2, -0.15) is 0 Å². The molecular weight excluding hydrogens is 577 g/mol. The number of hydrogen-bond acceptors (Lipinski definition) is 4. The third kappa shape index (κ3) is 7.74. The Kier molecular flexibility index (Phi) is 10.3. The Hall–Kier alpha value is -4.21. The van der Waals surface area contributed by atoms with Crippen LogP contribution in [0, 0.1) is 5.82 Å². The lowest BCUT2D eigenvalue weighted by molar-refractivity contribution is -0.140. The number of amides is 2. The van der Waals surface area contributed by atoms with Gasteiger partial charge in [-0.3, -0.25) is 13.9 Å². The minimum Gasteiger partial charge on any atom is -0.355 e. The molecule has 4 aromatic carbocycles. The van der Waals surface area contributed by atoms with Crippen molar-refractivity contribution in [3.8, 4) is 0 Å². The van der Waals surface area contributed by atoms with E-state index in [1.54, 1.807) is 49.4 Å². The zero-order valence-electron chi connectivity index (χ0n) is 23.0. The topological polar surface area (TPSA) is 86.8 Å². The summed E-state index contributed by atoms with van der Waals surface area (Å²) >= 11 is 6.23. The Labute approximate surface area is 250 Å². The number of halogens is 2. The maximum atomic E-state index is 14.2. The third-order valence-corrected chi connectivity index (χ3v) is 8.61. The molecule has 0 saturated heterocycles. The van der Waals surface area contributed by atoms with E-state index in [1.165, 1.54) is 29.2 Å². The molecule has 0 aliphatic rings. The van der Waals surface area contributed by atoms with E-state index >= 15 is 0 Å². The van der Waals surface area contributed by atoms with Gasteiger partial charge in [0, 0.05) is 24.5 Å². The first-order valence-corrected chi connectivity index (χ1v) is 15.2. The van der Waals surface area contributed by atoms with Crippen LogP contribution in [0.2, 0.25) is 5.02 Å². The van der Waals surface area contributed by atoms with Crippen LogP contribution in [0.3, 0.4) is 0 Å². The molecule has 0 spiro atoms. The van der Waals surface area contributed by atoms with Gasteiger partial charge >= 0.3 is 0 Å². The van der Waals surface area contributed by atoms with Crippen LogP contribution in [0.15, 0.2) is 114 Å². The van der Waals surface area contributed by atoms with Gasteiger partial charge in [0.05, 0.1) is 10.6 Å². The molecular formula is C32H31ClFN3O4S. The second-order valence-corrected chi connectivity index (χ2v) is 11.9. The molecule has 0 saturated carbocycles. The molecule has 4 aromatic rings. The summed E-state index contributed by atoms with van der Waals surface area (Å²) in [4.78, 5) is 29.0. The highest BCUT2D eigenvalue weighted by atomic mass is 35.5. The summed E-state index contributed by atoms with van der Waals surface area (Å²) in [5.41, 5.74) is 1.59. The van der Waals surface area contributed by atoms with Gasteiger partial charge in [-0.25, -0.2) is 12.8 Å². The summed E-state index contributed by atoms with van der Waals surface area (Å²) < 4.78 is 42.4. The minimum absolute atomic E-state index is 0.00330. The molecule has 0 heterocycles. The zero-order chi connectivity index (χ0) is 30.1. The number of carbonyl (C=O) groups is 2. The number of carbonyl (C=O) groups excluding carboxylic acids is 2. The smallest absolute Gasteiger partial charge is 0.264 e. The van der Waals surface area contributed by atoms with Crippen LogP contribution in [0.5, 0.6) is 0 Å². The molecule has 0 fully saturated rings. The quantitative estimate of drug-likeness (QED) is 0.232. The molecule has 0 aromatic heterocycles. The van der Waals surface area contributed by atoms with E-state index in [1.807, 2.05) is 30.3 Å². The largest absolute Gasteiger partial charge is 0.355 e. The maximum Gasteiger partial charge on any atom is 0.264 e. The molecule has 42 heavy (non-hydrogen) atoms. The minimum atomic E-state index is -4.25. The molecule has 0 unspecified atom stereocenters. The first-order chi connectivity index (χ1) is 20.2. The van der Waals surface area contributed by atoms with Crippen molar-refractivity contribution >= 4 is 39.1 Å². The number of nitrogens with one attached hydrogen (secondary N) is 1. The van der Waals surface area contributed by atoms with Gasteiger partial charge in [0.1, 0.15) is 18.4 Å². The van der Waals surface area contributed by atoms with Gasteiger partial charge in [0.15, 0.2) is 0 Å². The Morgan fingerprint density at radius 2 is 1.48 bits per heavy atom. The molecule has 218 valence electrons. The Morgan fingerprint density at radius 3 is 2.10 bits per heavy atom. The van der Waals surface area contributed by atoms with E-state index in [4.69, 9.17) is 11.6 Å². The van der Waals surface area contributed by atoms with Crippen molar-refractivity contribution in [2.75, 3.05) is 17.4 Å². The van der Waals surface area contributed by atoms with Gasteiger partial charge in [0.25, 0.3) is 10.0 Å². The molecule has 0 bridgehead atoms. The lowest BCUT2D eigenvalue weighted by Crippen LogP contribution is -2.53. The Bertz CT molecular complexity index is 1600. The summed E-state index contributed by atoms with van der Waals surface area (Å²) in [7, 11) is -4.25. The van der Waals surface area contributed by atoms with E-state index in [-0.39, 0.29) is 29.5 Å². The lowest BCUT2D eigenvalue weighted by atomic mass is 10.0. The predicted octanol–water partition coefficient (Wildman–Crippen LogP) is 5.45. The van der Waals surface area contributed by atoms with Crippen LogP contribution in [-0.4, -0.2) is 44.3 Å². The van der Waals surface area contributed by atoms with Crippen molar-refractivity contribution in [2.24, 2.45) is 0 Å². The Morgan fingerprint density at radius 1 is 0.857 bits per heavy atom. The summed E-state index contributed by atoms with van der Waals surface area (Å²) in [6, 6.07) is 27.8. The highest BCUT2D eigenvalue weighted by Crippen LogP contribution is 2.25. The van der Waals surface area contributed by atoms with Gasteiger partial charge < -0.3 is 10.2 Å². The fourth-order valence-electron chi connectivity index (χ4n) is 4.53. The molecule has 0 aliphatic carbocycles. The van der Waals surface area contributed by atoms with Crippen LogP contribution in [0.4, 0.5) is 10.1 Å². The van der Waals surface area contributed by atoms with Crippen molar-refractivity contribution in [1.82, 2.24) is 10.2 Å². The molecule has 4 rings (SSSR count). The average Bonchev–Trinajstić information content (AvgIpc) is 2.99. The molecule has 7 nitrogen and oxygen atoms in total.